The fourth-order valence-corrected chi connectivity index (χ4v) is 1.86. The first-order valence-electron chi connectivity index (χ1n) is 6.49. The molecule has 1 N–H and O–H groups in total. The van der Waals surface area contributed by atoms with Gasteiger partial charge in [-0.1, -0.05) is 63.4 Å². The van der Waals surface area contributed by atoms with Gasteiger partial charge in [0.2, 0.25) is 11.7 Å². The van der Waals surface area contributed by atoms with Crippen molar-refractivity contribution in [1.82, 2.24) is 20.2 Å². The molecule has 23 heavy (non-hydrogen) atoms. The fourth-order valence-electron chi connectivity index (χ4n) is 1.86. The molecular weight excluding hydrogens is 290 g/mol. The van der Waals surface area contributed by atoms with Crippen LogP contribution < -0.4 is 5.32 Å². The lowest BCUT2D eigenvalue weighted by Crippen LogP contribution is -2.20. The van der Waals surface area contributed by atoms with Gasteiger partial charge in [-0.3, -0.25) is 4.79 Å². The van der Waals surface area contributed by atoms with Crippen LogP contribution >= 0.6 is 0 Å². The van der Waals surface area contributed by atoms with Crippen molar-refractivity contribution in [2.45, 2.75) is 21.4 Å². The molecule has 0 aliphatic carbocycles. The Labute approximate surface area is 136 Å². The molecule has 3 aromatic rings. The fraction of sp³-hybridized carbons (Fsp3) is 0.176. The number of hydrogen-bond donors (Lipinski definition) is 1. The van der Waals surface area contributed by atoms with E-state index in [9.17, 15) is 4.79 Å². The monoisotopic (exact) mass is 311 g/mol. The quantitative estimate of drug-likeness (QED) is 0.802. The zero-order valence-electron chi connectivity index (χ0n) is 11.2. The third-order valence-corrected chi connectivity index (χ3v) is 2.83. The molecule has 1 aromatic heterocycles. The minimum atomic E-state index is -0.196. The molecule has 6 heteroatoms. The minimum Gasteiger partial charge on any atom is -0.324 e. The third kappa shape index (κ3) is 4.74. The van der Waals surface area contributed by atoms with Gasteiger partial charge >= 0.3 is 0 Å². The molecule has 6 nitrogen and oxygen atoms in total. The number of aromatic nitrogens is 4. The molecule has 1 amide bonds. The van der Waals surface area contributed by atoms with Gasteiger partial charge in [0, 0.05) is 11.3 Å². The van der Waals surface area contributed by atoms with E-state index in [1.807, 2.05) is 60.7 Å². The van der Waals surface area contributed by atoms with E-state index in [4.69, 9.17) is 0 Å². The zero-order valence-corrected chi connectivity index (χ0v) is 11.2. The van der Waals surface area contributed by atoms with Crippen LogP contribution in [0.2, 0.25) is 0 Å². The van der Waals surface area contributed by atoms with Gasteiger partial charge in [-0.25, -0.2) is 0 Å². The second-order valence-corrected chi connectivity index (χ2v) is 4.42. The maximum atomic E-state index is 11.9. The van der Waals surface area contributed by atoms with E-state index in [1.165, 1.54) is 4.80 Å². The molecule has 0 radical (unpaired) electrons. The van der Waals surface area contributed by atoms with Gasteiger partial charge in [-0.2, -0.15) is 4.80 Å². The van der Waals surface area contributed by atoms with Gasteiger partial charge in [-0.05, 0) is 17.3 Å². The number of nitrogens with one attached hydrogen (secondary N) is 1. The number of anilines is 1. The Morgan fingerprint density at radius 3 is 2.22 bits per heavy atom. The third-order valence-electron chi connectivity index (χ3n) is 2.83. The number of rotatable bonds is 4. The molecule has 3 rings (SSSR count). The average Bonchev–Trinajstić information content (AvgIpc) is 2.97. The van der Waals surface area contributed by atoms with Crippen molar-refractivity contribution in [3.05, 3.63) is 60.7 Å². The molecule has 1 heterocycles. The summed E-state index contributed by atoms with van der Waals surface area (Å²) in [7, 11) is 0. The summed E-state index contributed by atoms with van der Waals surface area (Å²) in [6.07, 6.45) is 0. The van der Waals surface area contributed by atoms with Crippen LogP contribution in [0.5, 0.6) is 0 Å². The summed E-state index contributed by atoms with van der Waals surface area (Å²) in [5.41, 5.74) is 1.61. The van der Waals surface area contributed by atoms with Crippen LogP contribution in [-0.2, 0) is 11.3 Å². The summed E-state index contributed by atoms with van der Waals surface area (Å²) < 4.78 is 0. The van der Waals surface area contributed by atoms with Gasteiger partial charge in [0.1, 0.15) is 6.54 Å². The summed E-state index contributed by atoms with van der Waals surface area (Å²) in [6, 6.07) is 18.8. The highest BCUT2D eigenvalue weighted by molar-refractivity contribution is 5.90. The van der Waals surface area contributed by atoms with Crippen molar-refractivity contribution in [2.24, 2.45) is 0 Å². The smallest absolute Gasteiger partial charge is 0.248 e. The van der Waals surface area contributed by atoms with E-state index in [0.29, 0.717) is 5.82 Å². The van der Waals surface area contributed by atoms with Gasteiger partial charge in [-0.15, -0.1) is 10.2 Å². The van der Waals surface area contributed by atoms with Crippen LogP contribution in [0.1, 0.15) is 14.9 Å². The lowest BCUT2D eigenvalue weighted by molar-refractivity contribution is -0.117. The second-order valence-electron chi connectivity index (χ2n) is 4.42. The first-order chi connectivity index (χ1) is 10.3. The Balaban J connectivity index is 0.00000132. The predicted molar refractivity (Wildman–Crippen MR) is 91.8 cm³/mol. The number of amides is 1. The molecule has 0 fully saturated rings. The summed E-state index contributed by atoms with van der Waals surface area (Å²) in [5.74, 6) is 0.307. The van der Waals surface area contributed by atoms with Crippen LogP contribution in [-0.4, -0.2) is 26.1 Å². The highest BCUT2D eigenvalue weighted by Gasteiger charge is 2.09. The highest BCUT2D eigenvalue weighted by Crippen LogP contribution is 2.11. The molecule has 120 valence electrons. The summed E-state index contributed by atoms with van der Waals surface area (Å²) in [4.78, 5) is 13.2. The largest absolute Gasteiger partial charge is 0.324 e. The molecule has 2 aromatic carbocycles. The van der Waals surface area contributed by atoms with E-state index < -0.39 is 0 Å². The van der Waals surface area contributed by atoms with E-state index in [2.05, 4.69) is 20.7 Å². The Kier molecular flexibility index (Phi) is 6.61. The van der Waals surface area contributed by atoms with Gasteiger partial charge in [0.15, 0.2) is 0 Å². The van der Waals surface area contributed by atoms with Gasteiger partial charge in [0.25, 0.3) is 0 Å². The molecule has 0 unspecified atom stereocenters. The predicted octanol–water partition coefficient (Wildman–Crippen LogP) is 3.25. The maximum absolute atomic E-state index is 11.9. The number of tetrazole rings is 1. The Morgan fingerprint density at radius 2 is 1.57 bits per heavy atom. The van der Waals surface area contributed by atoms with Crippen molar-refractivity contribution < 1.29 is 4.79 Å². The average molecular weight is 311 g/mol. The number of carbonyl (C=O) groups is 1. The molecule has 0 spiro atoms. The molecule has 0 saturated carbocycles. The molecule has 0 saturated heterocycles. The molecular formula is C17H21N5O. The SMILES string of the molecule is C.C.O=C(Cn1nnc(-c2ccccc2)n1)Nc1ccccc1. The number of nitrogens with zero attached hydrogens (tertiary/aromatic N) is 4. The minimum absolute atomic E-state index is 0. The molecule has 0 aliphatic heterocycles. The Hall–Kier alpha value is -3.02. The van der Waals surface area contributed by atoms with E-state index in [0.717, 1.165) is 11.3 Å². The highest BCUT2D eigenvalue weighted by atomic mass is 16.2. The van der Waals surface area contributed by atoms with Crippen LogP contribution in [0, 0.1) is 0 Å². The van der Waals surface area contributed by atoms with Crippen molar-refractivity contribution in [2.75, 3.05) is 5.32 Å². The van der Waals surface area contributed by atoms with Crippen LogP contribution in [0.25, 0.3) is 11.4 Å². The lowest BCUT2D eigenvalue weighted by Gasteiger charge is -2.03. The number of para-hydroxylation sites is 1. The normalized spacial score (nSPS) is 9.39. The van der Waals surface area contributed by atoms with Crippen molar-refractivity contribution in [3.8, 4) is 11.4 Å². The van der Waals surface area contributed by atoms with Gasteiger partial charge in [0.05, 0.1) is 0 Å². The van der Waals surface area contributed by atoms with Crippen molar-refractivity contribution in [3.63, 3.8) is 0 Å². The summed E-state index contributed by atoms with van der Waals surface area (Å²) >= 11 is 0. The van der Waals surface area contributed by atoms with E-state index in [-0.39, 0.29) is 27.3 Å². The van der Waals surface area contributed by atoms with Crippen molar-refractivity contribution >= 4 is 11.6 Å². The standard InChI is InChI=1S/C15H13N5O.2CH4/c21-14(16-13-9-5-2-6-10-13)11-20-18-15(17-19-20)12-7-3-1-4-8-12;;/h1-10H,11H2,(H,16,21);2*1H4. The second kappa shape index (κ2) is 8.43. The van der Waals surface area contributed by atoms with E-state index in [1.54, 1.807) is 0 Å². The maximum Gasteiger partial charge on any atom is 0.248 e. The zero-order chi connectivity index (χ0) is 14.5. The first-order valence-corrected chi connectivity index (χ1v) is 6.49. The lowest BCUT2D eigenvalue weighted by atomic mass is 10.2. The number of carbonyl (C=O) groups excluding carboxylic acids is 1. The van der Waals surface area contributed by atoms with Crippen molar-refractivity contribution in [1.29, 1.82) is 0 Å². The van der Waals surface area contributed by atoms with Gasteiger partial charge < -0.3 is 5.32 Å². The number of hydrogen-bond acceptors (Lipinski definition) is 4. The van der Waals surface area contributed by atoms with Crippen LogP contribution in [0.3, 0.4) is 0 Å². The van der Waals surface area contributed by atoms with Crippen LogP contribution in [0.15, 0.2) is 60.7 Å². The first kappa shape index (κ1) is 18.0. The van der Waals surface area contributed by atoms with Crippen LogP contribution in [0.4, 0.5) is 5.69 Å². The summed E-state index contributed by atoms with van der Waals surface area (Å²) in [5, 5.41) is 14.8. The molecule has 0 aliphatic rings. The molecule has 0 atom stereocenters. The summed E-state index contributed by atoms with van der Waals surface area (Å²) in [6.45, 7) is 0.0225. The topological polar surface area (TPSA) is 72.7 Å². The van der Waals surface area contributed by atoms with E-state index >= 15 is 0 Å². The number of benzene rings is 2. The Morgan fingerprint density at radius 1 is 0.957 bits per heavy atom. The Bertz CT molecular complexity index is 725. The molecule has 0 bridgehead atoms.